The highest BCUT2D eigenvalue weighted by molar-refractivity contribution is 6.34. The summed E-state index contributed by atoms with van der Waals surface area (Å²) in [6.07, 6.45) is 0. The maximum absolute atomic E-state index is 12.2. The monoisotopic (exact) mass is 420 g/mol. The molecule has 154 valence electrons. The Hall–Kier alpha value is -2.98. The van der Waals surface area contributed by atoms with Crippen LogP contribution in [0.25, 0.3) is 0 Å². The third-order valence-corrected chi connectivity index (χ3v) is 4.60. The molecule has 0 bridgehead atoms. The first kappa shape index (κ1) is 20.7. The number of halogens is 1. The van der Waals surface area contributed by atoms with Gasteiger partial charge in [0.05, 0.1) is 28.7 Å². The number of aryl methyl sites for hydroxylation is 1. The molecule has 2 heterocycles. The van der Waals surface area contributed by atoms with Gasteiger partial charge in [0.1, 0.15) is 17.5 Å². The van der Waals surface area contributed by atoms with Crippen LogP contribution >= 0.6 is 11.6 Å². The predicted molar refractivity (Wildman–Crippen MR) is 109 cm³/mol. The molecule has 2 aromatic rings. The minimum atomic E-state index is -0.563. The summed E-state index contributed by atoms with van der Waals surface area (Å²) in [4.78, 5) is 33.4. The number of ether oxygens (including phenoxy) is 1. The molecule has 0 radical (unpaired) electrons. The van der Waals surface area contributed by atoms with Crippen molar-refractivity contribution in [1.29, 1.82) is 0 Å². The average molecular weight is 421 g/mol. The van der Waals surface area contributed by atoms with E-state index in [1.54, 1.807) is 0 Å². The Bertz CT molecular complexity index is 904. The van der Waals surface area contributed by atoms with Crippen molar-refractivity contribution in [3.8, 4) is 0 Å². The second-order valence-corrected chi connectivity index (χ2v) is 6.77. The first-order chi connectivity index (χ1) is 13.9. The van der Waals surface area contributed by atoms with E-state index >= 15 is 0 Å². The van der Waals surface area contributed by atoms with E-state index in [2.05, 4.69) is 25.5 Å². The minimum Gasteiger partial charge on any atom is -0.378 e. The Morgan fingerprint density at radius 2 is 2.03 bits per heavy atom. The largest absolute Gasteiger partial charge is 0.378 e. The first-order valence-electron chi connectivity index (χ1n) is 9.08. The van der Waals surface area contributed by atoms with E-state index in [4.69, 9.17) is 16.3 Å². The summed E-state index contributed by atoms with van der Waals surface area (Å²) in [5.41, 5.74) is 0.0215. The van der Waals surface area contributed by atoms with E-state index in [-0.39, 0.29) is 16.3 Å². The molecule has 0 saturated carbocycles. The van der Waals surface area contributed by atoms with E-state index in [1.165, 1.54) is 12.1 Å². The second kappa shape index (κ2) is 9.48. The molecule has 2 N–H and O–H groups in total. The third-order valence-electron chi connectivity index (χ3n) is 4.28. The lowest BCUT2D eigenvalue weighted by Crippen LogP contribution is -2.37. The Morgan fingerprint density at radius 3 is 2.72 bits per heavy atom. The topological polar surface area (TPSA) is 123 Å². The lowest BCUT2D eigenvalue weighted by Gasteiger charge is -2.28. The van der Waals surface area contributed by atoms with Gasteiger partial charge < -0.3 is 20.3 Å². The van der Waals surface area contributed by atoms with Gasteiger partial charge in [-0.2, -0.15) is 0 Å². The number of amides is 1. The Morgan fingerprint density at radius 1 is 1.28 bits per heavy atom. The summed E-state index contributed by atoms with van der Waals surface area (Å²) in [6, 6.07) is 5.61. The van der Waals surface area contributed by atoms with Crippen LogP contribution in [0, 0.1) is 17.0 Å². The number of carbonyl (C=O) groups excluding carboxylic acids is 1. The van der Waals surface area contributed by atoms with Gasteiger partial charge in [-0.25, -0.2) is 9.97 Å². The number of hydrogen-bond acceptors (Lipinski definition) is 8. The van der Waals surface area contributed by atoms with Crippen molar-refractivity contribution in [3.05, 3.63) is 50.8 Å². The minimum absolute atomic E-state index is 0.0336. The molecule has 1 aliphatic heterocycles. The van der Waals surface area contributed by atoms with Crippen LogP contribution in [-0.2, 0) is 4.74 Å². The van der Waals surface area contributed by atoms with Gasteiger partial charge in [0.2, 0.25) is 0 Å². The van der Waals surface area contributed by atoms with E-state index in [1.807, 2.05) is 13.0 Å². The highest BCUT2D eigenvalue weighted by atomic mass is 35.5. The molecule has 11 heteroatoms. The molecule has 1 fully saturated rings. The van der Waals surface area contributed by atoms with Crippen LogP contribution in [0.3, 0.4) is 0 Å². The molecule has 0 aliphatic carbocycles. The van der Waals surface area contributed by atoms with Crippen LogP contribution in [0.1, 0.15) is 16.2 Å². The number of morpholine rings is 1. The molecule has 29 heavy (non-hydrogen) atoms. The summed E-state index contributed by atoms with van der Waals surface area (Å²) in [6.45, 7) is 5.49. The van der Waals surface area contributed by atoms with Crippen LogP contribution in [0.4, 0.5) is 17.3 Å². The Labute approximate surface area is 172 Å². The number of rotatable bonds is 7. The number of nitro benzene ring substituents is 1. The van der Waals surface area contributed by atoms with E-state index in [0.717, 1.165) is 25.0 Å². The molecule has 1 aliphatic rings. The molecule has 3 rings (SSSR count). The van der Waals surface area contributed by atoms with Crippen molar-refractivity contribution >= 4 is 34.8 Å². The molecular weight excluding hydrogens is 400 g/mol. The van der Waals surface area contributed by atoms with Gasteiger partial charge in [0.25, 0.3) is 11.6 Å². The molecular formula is C18H21ClN6O4. The predicted octanol–water partition coefficient (Wildman–Crippen LogP) is 2.03. The standard InChI is InChI=1S/C18H21ClN6O4/c1-12-22-16(11-17(23-12)24-6-8-29-9-7-24)20-4-5-21-18(26)14-3-2-13(25(27)28)10-15(14)19/h2-3,10-11H,4-9H2,1H3,(H,21,26)(H,20,22,23). The lowest BCUT2D eigenvalue weighted by molar-refractivity contribution is -0.384. The zero-order chi connectivity index (χ0) is 20.8. The van der Waals surface area contributed by atoms with Crippen LogP contribution in [0.5, 0.6) is 0 Å². The summed E-state index contributed by atoms with van der Waals surface area (Å²) in [7, 11) is 0. The van der Waals surface area contributed by atoms with Crippen LogP contribution < -0.4 is 15.5 Å². The number of nitro groups is 1. The Balaban J connectivity index is 1.53. The first-order valence-corrected chi connectivity index (χ1v) is 9.46. The maximum Gasteiger partial charge on any atom is 0.270 e. The van der Waals surface area contributed by atoms with Gasteiger partial charge in [0, 0.05) is 44.4 Å². The SMILES string of the molecule is Cc1nc(NCCNC(=O)c2ccc([N+](=O)[O-])cc2Cl)cc(N2CCOCC2)n1. The molecule has 1 amide bonds. The molecule has 1 aromatic carbocycles. The summed E-state index contributed by atoms with van der Waals surface area (Å²) in [5.74, 6) is 1.75. The van der Waals surface area contributed by atoms with E-state index in [0.29, 0.717) is 37.9 Å². The molecule has 1 saturated heterocycles. The molecule has 0 spiro atoms. The van der Waals surface area contributed by atoms with Crippen LogP contribution in [0.2, 0.25) is 5.02 Å². The van der Waals surface area contributed by atoms with Gasteiger partial charge >= 0.3 is 0 Å². The van der Waals surface area contributed by atoms with E-state index < -0.39 is 10.8 Å². The summed E-state index contributed by atoms with van der Waals surface area (Å²) in [5, 5.41) is 16.7. The fraction of sp³-hybridized carbons (Fsp3) is 0.389. The van der Waals surface area contributed by atoms with Crippen LogP contribution in [0.15, 0.2) is 24.3 Å². The highest BCUT2D eigenvalue weighted by Crippen LogP contribution is 2.22. The number of anilines is 2. The number of hydrogen-bond donors (Lipinski definition) is 2. The summed E-state index contributed by atoms with van der Waals surface area (Å²) >= 11 is 5.97. The van der Waals surface area contributed by atoms with E-state index in [9.17, 15) is 14.9 Å². The van der Waals surface area contributed by atoms with Gasteiger partial charge in [-0.05, 0) is 13.0 Å². The number of benzene rings is 1. The van der Waals surface area contributed by atoms with Crippen molar-refractivity contribution in [1.82, 2.24) is 15.3 Å². The normalized spacial score (nSPS) is 13.8. The van der Waals surface area contributed by atoms with Crippen molar-refractivity contribution in [3.63, 3.8) is 0 Å². The lowest BCUT2D eigenvalue weighted by atomic mass is 10.2. The number of non-ortho nitro benzene ring substituents is 1. The Kier molecular flexibility index (Phi) is 6.78. The highest BCUT2D eigenvalue weighted by Gasteiger charge is 2.15. The zero-order valence-electron chi connectivity index (χ0n) is 15.9. The smallest absolute Gasteiger partial charge is 0.270 e. The number of aromatic nitrogens is 2. The zero-order valence-corrected chi connectivity index (χ0v) is 16.6. The molecule has 10 nitrogen and oxygen atoms in total. The number of nitrogens with one attached hydrogen (secondary N) is 2. The fourth-order valence-electron chi connectivity index (χ4n) is 2.86. The van der Waals surface area contributed by atoms with Crippen molar-refractivity contribution < 1.29 is 14.5 Å². The summed E-state index contributed by atoms with van der Waals surface area (Å²) < 4.78 is 5.36. The van der Waals surface area contributed by atoms with Gasteiger partial charge in [-0.1, -0.05) is 11.6 Å². The third kappa shape index (κ3) is 5.52. The maximum atomic E-state index is 12.2. The van der Waals surface area contributed by atoms with Gasteiger partial charge in [-0.15, -0.1) is 0 Å². The van der Waals surface area contributed by atoms with Gasteiger partial charge in [-0.3, -0.25) is 14.9 Å². The van der Waals surface area contributed by atoms with Crippen molar-refractivity contribution in [2.75, 3.05) is 49.6 Å². The number of carbonyl (C=O) groups is 1. The fourth-order valence-corrected chi connectivity index (χ4v) is 3.12. The van der Waals surface area contributed by atoms with Crippen molar-refractivity contribution in [2.24, 2.45) is 0 Å². The van der Waals surface area contributed by atoms with Crippen molar-refractivity contribution in [2.45, 2.75) is 6.92 Å². The number of nitrogens with zero attached hydrogens (tertiary/aromatic N) is 4. The van der Waals surface area contributed by atoms with Gasteiger partial charge in [0.15, 0.2) is 0 Å². The quantitative estimate of drug-likeness (QED) is 0.396. The second-order valence-electron chi connectivity index (χ2n) is 6.36. The molecule has 1 aromatic heterocycles. The van der Waals surface area contributed by atoms with Crippen LogP contribution in [-0.4, -0.2) is 60.2 Å². The molecule has 0 unspecified atom stereocenters. The average Bonchev–Trinajstić information content (AvgIpc) is 2.71. The molecule has 0 atom stereocenters.